The van der Waals surface area contributed by atoms with E-state index in [1.807, 2.05) is 0 Å². The van der Waals surface area contributed by atoms with Gasteiger partial charge in [-0.2, -0.15) is 0 Å². The van der Waals surface area contributed by atoms with Crippen molar-refractivity contribution in [3.8, 4) is 67.0 Å². The zero-order valence-electron chi connectivity index (χ0n) is 69.7. The molecule has 0 N–H and O–H groups in total. The van der Waals surface area contributed by atoms with E-state index in [2.05, 4.69) is 538 Å². The second-order valence-corrected chi connectivity index (χ2v) is 32.8. The molecule has 0 aliphatic heterocycles. The smallest absolute Gasteiger partial charge is 0.0715 e. The van der Waals surface area contributed by atoms with Crippen molar-refractivity contribution in [3.63, 3.8) is 0 Å². The number of nitrogens with zero attached hydrogens (tertiary/aromatic N) is 6. The Balaban J connectivity index is 0.678. The quantitative estimate of drug-likeness (QED) is 0.0758. The van der Waals surface area contributed by atoms with Gasteiger partial charge in [0.15, 0.2) is 0 Å². The minimum Gasteiger partial charge on any atom is -0.311 e. The van der Waals surface area contributed by atoms with E-state index in [-0.39, 0.29) is 0 Å². The normalized spacial score (nSPS) is 12.0. The zero-order valence-corrected chi connectivity index (χ0v) is 69.7. The van der Waals surface area contributed by atoms with Gasteiger partial charge in [-0.3, -0.25) is 0 Å². The summed E-state index contributed by atoms with van der Waals surface area (Å²) in [6.07, 6.45) is 0. The molecule has 0 atom stereocenters. The second-order valence-electron chi connectivity index (χ2n) is 32.8. The van der Waals surface area contributed by atoms with E-state index >= 15 is 0 Å². The maximum Gasteiger partial charge on any atom is 0.0715 e. The third-order valence-corrected chi connectivity index (χ3v) is 25.5. The lowest BCUT2D eigenvalue weighted by Crippen LogP contribution is -2.28. The summed E-state index contributed by atoms with van der Waals surface area (Å²) in [7, 11) is 0. The predicted molar refractivity (Wildman–Crippen MR) is 533 cm³/mol. The van der Waals surface area contributed by atoms with Crippen LogP contribution in [0.25, 0.3) is 111 Å². The number of hydrogen-bond acceptors (Lipinski definition) is 4. The molecule has 0 saturated carbocycles. The Kier molecular flexibility index (Phi) is 19.1. The van der Waals surface area contributed by atoms with Crippen molar-refractivity contribution in [3.05, 3.63) is 532 Å². The second kappa shape index (κ2) is 32.2. The number of benzene rings is 20. The molecule has 6 heteroatoms. The first-order valence-corrected chi connectivity index (χ1v) is 43.6. The van der Waals surface area contributed by atoms with Crippen LogP contribution in [0.15, 0.2) is 510 Å². The highest BCUT2D eigenvalue weighted by molar-refractivity contribution is 6.14. The van der Waals surface area contributed by atoms with Crippen molar-refractivity contribution in [1.29, 1.82) is 0 Å². The molecule has 0 saturated heterocycles. The fraction of sp³-hybridized carbons (Fsp3) is 0.00826. The standard InChI is InChI=1S/C121H84N6/c1-11-31-93(32-12-1)121(94-33-13-2-14-34-94)115-83-107(126-117-75-59-89(85-51-63-103(64-52-85)122(95-35-15-3-16-36-95)96-37-17-4-18-38-96)79-111(117)112-80-90(60-76-118(112)126)86-53-65-104(66-54-86)123(97-39-19-5-20-40-97)98-41-21-6-22-42-98)71-73-109(115)110-74-72-108(84-116(110)121)127-119-77-61-91(87-55-67-105(68-56-87)124(99-43-23-7-24-44-99)100-45-25-8-26-46-100)81-113(119)114-82-92(62-78-120(114)127)88-57-69-106(70-58-88)125(101-47-27-9-28-48-101)102-49-29-10-30-50-102/h1-84H. The molecule has 0 fully saturated rings. The van der Waals surface area contributed by atoms with E-state index < -0.39 is 5.41 Å². The lowest BCUT2D eigenvalue weighted by Gasteiger charge is -2.34. The highest BCUT2D eigenvalue weighted by Crippen LogP contribution is 2.58. The van der Waals surface area contributed by atoms with E-state index in [0.717, 1.165) is 146 Å². The van der Waals surface area contributed by atoms with Crippen LogP contribution in [0.1, 0.15) is 22.3 Å². The summed E-state index contributed by atoms with van der Waals surface area (Å²) in [6, 6.07) is 187. The first-order valence-electron chi connectivity index (χ1n) is 43.6. The van der Waals surface area contributed by atoms with Gasteiger partial charge in [-0.15, -0.1) is 0 Å². The molecule has 1 aliphatic carbocycles. The summed E-state index contributed by atoms with van der Waals surface area (Å²) < 4.78 is 5.04. The average molecular weight is 1620 g/mol. The maximum absolute atomic E-state index is 2.52. The van der Waals surface area contributed by atoms with E-state index in [4.69, 9.17) is 0 Å². The lowest BCUT2D eigenvalue weighted by molar-refractivity contribution is 0.766. The SMILES string of the molecule is c1ccc(N(c2ccccc2)c2ccc(-c3ccc4c(c3)c3cc(-c5ccc(N(c6ccccc6)c6ccccc6)cc5)ccc3n4-c3ccc4c(c3)C(c3ccccc3)(c3ccccc3)c3cc(-n5c6ccc(-c7ccc(N(c8ccccc8)c8ccccc8)cc7)cc6c6cc(-c7ccc(N(c8ccccc8)c8ccccc8)cc7)ccc65)ccc3-4)cc2)cc1. The van der Waals surface area contributed by atoms with Crippen LogP contribution in [0.2, 0.25) is 0 Å². The molecule has 0 spiro atoms. The van der Waals surface area contributed by atoms with Crippen molar-refractivity contribution >= 4 is 112 Å². The van der Waals surface area contributed by atoms with Gasteiger partial charge in [0.1, 0.15) is 0 Å². The van der Waals surface area contributed by atoms with Gasteiger partial charge in [0, 0.05) is 101 Å². The highest BCUT2D eigenvalue weighted by Gasteiger charge is 2.47. The van der Waals surface area contributed by atoms with Crippen molar-refractivity contribution in [1.82, 2.24) is 9.13 Å². The minimum atomic E-state index is -0.783. The van der Waals surface area contributed by atoms with Gasteiger partial charge in [-0.1, -0.05) is 291 Å². The number of aromatic nitrogens is 2. The van der Waals surface area contributed by atoms with E-state index in [1.165, 1.54) is 54.9 Å². The molecule has 6 nitrogen and oxygen atoms in total. The number of hydrogen-bond donors (Lipinski definition) is 0. The maximum atomic E-state index is 2.52. The first-order chi connectivity index (χ1) is 63.0. The fourth-order valence-corrected chi connectivity index (χ4v) is 19.7. The van der Waals surface area contributed by atoms with Gasteiger partial charge >= 0.3 is 0 Å². The van der Waals surface area contributed by atoms with Gasteiger partial charge in [-0.05, 0) is 296 Å². The minimum absolute atomic E-state index is 0.783. The summed E-state index contributed by atoms with van der Waals surface area (Å²) in [5.74, 6) is 0. The molecule has 1 aliphatic rings. The Morgan fingerprint density at radius 1 is 0.150 bits per heavy atom. The van der Waals surface area contributed by atoms with Crippen LogP contribution in [0.5, 0.6) is 0 Å². The molecule has 0 radical (unpaired) electrons. The number of rotatable bonds is 20. The van der Waals surface area contributed by atoms with E-state index in [0.29, 0.717) is 0 Å². The van der Waals surface area contributed by atoms with E-state index in [1.54, 1.807) is 0 Å². The topological polar surface area (TPSA) is 22.8 Å². The van der Waals surface area contributed by atoms with Crippen molar-refractivity contribution in [2.75, 3.05) is 19.6 Å². The molecule has 0 unspecified atom stereocenters. The first kappa shape index (κ1) is 75.2. The largest absolute Gasteiger partial charge is 0.311 e. The van der Waals surface area contributed by atoms with Crippen LogP contribution < -0.4 is 19.6 Å². The van der Waals surface area contributed by atoms with Crippen LogP contribution in [0.3, 0.4) is 0 Å². The molecule has 127 heavy (non-hydrogen) atoms. The number of fused-ring (bicyclic) bond motifs is 9. The fourth-order valence-electron chi connectivity index (χ4n) is 19.7. The van der Waals surface area contributed by atoms with Crippen molar-refractivity contribution in [2.24, 2.45) is 0 Å². The lowest BCUT2D eigenvalue weighted by atomic mass is 9.67. The third kappa shape index (κ3) is 13.5. The molecular formula is C121H84N6. The van der Waals surface area contributed by atoms with Crippen LogP contribution >= 0.6 is 0 Å². The molecule has 2 aromatic heterocycles. The van der Waals surface area contributed by atoms with Gasteiger partial charge in [0.25, 0.3) is 0 Å². The van der Waals surface area contributed by atoms with Crippen LogP contribution in [-0.2, 0) is 5.41 Å². The van der Waals surface area contributed by atoms with Crippen LogP contribution in [0.4, 0.5) is 68.2 Å². The molecule has 0 amide bonds. The summed E-state index contributed by atoms with van der Waals surface area (Å²) in [5.41, 5.74) is 35.3. The molecule has 20 aromatic carbocycles. The third-order valence-electron chi connectivity index (χ3n) is 25.5. The van der Waals surface area contributed by atoms with Gasteiger partial charge < -0.3 is 28.7 Å². The summed E-state index contributed by atoms with van der Waals surface area (Å²) in [4.78, 5) is 9.30. The molecule has 0 bridgehead atoms. The average Bonchev–Trinajstić information content (AvgIpc) is 1.53. The Bertz CT molecular complexity index is 6740. The highest BCUT2D eigenvalue weighted by atomic mass is 15.2. The summed E-state index contributed by atoms with van der Waals surface area (Å²) >= 11 is 0. The molecular weight excluding hydrogens is 1540 g/mol. The summed E-state index contributed by atoms with van der Waals surface area (Å²) in [6.45, 7) is 0. The molecule has 23 rings (SSSR count). The van der Waals surface area contributed by atoms with Crippen LogP contribution in [-0.4, -0.2) is 9.13 Å². The zero-order chi connectivity index (χ0) is 84.1. The Morgan fingerprint density at radius 3 is 0.535 bits per heavy atom. The molecule has 22 aromatic rings. The van der Waals surface area contributed by atoms with Gasteiger partial charge in [0.05, 0.1) is 27.5 Å². The Labute approximate surface area is 739 Å². The Hall–Kier alpha value is -16.8. The molecule has 2 heterocycles. The predicted octanol–water partition coefficient (Wildman–Crippen LogP) is 32.8. The van der Waals surface area contributed by atoms with Crippen LogP contribution in [0, 0.1) is 0 Å². The number of anilines is 12. The van der Waals surface area contributed by atoms with Gasteiger partial charge in [0.2, 0.25) is 0 Å². The summed E-state index contributed by atoms with van der Waals surface area (Å²) in [5, 5.41) is 4.67. The Morgan fingerprint density at radius 2 is 0.331 bits per heavy atom. The number of para-hydroxylation sites is 8. The van der Waals surface area contributed by atoms with Crippen molar-refractivity contribution in [2.45, 2.75) is 5.41 Å². The monoisotopic (exact) mass is 1620 g/mol. The van der Waals surface area contributed by atoms with Gasteiger partial charge in [-0.25, -0.2) is 0 Å². The molecule has 598 valence electrons. The van der Waals surface area contributed by atoms with E-state index in [9.17, 15) is 0 Å². The van der Waals surface area contributed by atoms with Crippen molar-refractivity contribution < 1.29 is 0 Å².